The van der Waals surface area contributed by atoms with Crippen molar-refractivity contribution in [3.63, 3.8) is 0 Å². The van der Waals surface area contributed by atoms with Crippen LogP contribution >= 0.6 is 15.9 Å². The number of aromatic nitrogens is 2. The van der Waals surface area contributed by atoms with Gasteiger partial charge in [0.25, 0.3) is 5.56 Å². The Labute approximate surface area is 164 Å². The molecular formula is C22H15BrN2O2. The molecule has 3 aromatic carbocycles. The minimum atomic E-state index is -0.127. The maximum absolute atomic E-state index is 13.2. The second-order valence-electron chi connectivity index (χ2n) is 6.03. The van der Waals surface area contributed by atoms with Gasteiger partial charge in [0.15, 0.2) is 0 Å². The summed E-state index contributed by atoms with van der Waals surface area (Å²) in [5, 5.41) is 9.98. The van der Waals surface area contributed by atoms with Crippen LogP contribution in [0.15, 0.2) is 82.1 Å². The van der Waals surface area contributed by atoms with Crippen LogP contribution in [0, 0.1) is 0 Å². The van der Waals surface area contributed by atoms with Crippen molar-refractivity contribution in [2.45, 2.75) is 0 Å². The first-order valence-corrected chi connectivity index (χ1v) is 9.16. The van der Waals surface area contributed by atoms with E-state index in [1.54, 1.807) is 34.9 Å². The van der Waals surface area contributed by atoms with Gasteiger partial charge in [-0.05, 0) is 54.1 Å². The molecule has 0 aliphatic rings. The predicted molar refractivity (Wildman–Crippen MR) is 112 cm³/mol. The molecule has 0 saturated carbocycles. The van der Waals surface area contributed by atoms with Crippen LogP contribution in [0.1, 0.15) is 11.4 Å². The molecule has 5 heteroatoms. The van der Waals surface area contributed by atoms with Gasteiger partial charge in [0.1, 0.15) is 11.6 Å². The van der Waals surface area contributed by atoms with Crippen LogP contribution in [0.3, 0.4) is 0 Å². The van der Waals surface area contributed by atoms with E-state index in [1.807, 2.05) is 54.6 Å². The normalized spacial score (nSPS) is 11.3. The number of hydrogen-bond acceptors (Lipinski definition) is 3. The first kappa shape index (κ1) is 17.2. The zero-order chi connectivity index (χ0) is 18.8. The minimum absolute atomic E-state index is 0.127. The molecule has 0 unspecified atom stereocenters. The van der Waals surface area contributed by atoms with Crippen molar-refractivity contribution in [2.24, 2.45) is 0 Å². The van der Waals surface area contributed by atoms with E-state index >= 15 is 0 Å². The molecule has 1 N–H and O–H groups in total. The average Bonchev–Trinajstić information content (AvgIpc) is 2.69. The summed E-state index contributed by atoms with van der Waals surface area (Å²) >= 11 is 3.42. The van der Waals surface area contributed by atoms with Crippen LogP contribution in [-0.4, -0.2) is 14.7 Å². The summed E-state index contributed by atoms with van der Waals surface area (Å²) in [4.78, 5) is 17.9. The fourth-order valence-corrected chi connectivity index (χ4v) is 3.23. The molecule has 1 aromatic heterocycles. The van der Waals surface area contributed by atoms with Crippen LogP contribution in [-0.2, 0) is 0 Å². The Morgan fingerprint density at radius 3 is 2.41 bits per heavy atom. The summed E-state index contributed by atoms with van der Waals surface area (Å²) in [5.41, 5.74) is 2.17. The molecule has 0 saturated heterocycles. The number of fused-ring (bicyclic) bond motifs is 1. The molecule has 4 rings (SSSR count). The maximum atomic E-state index is 13.2. The van der Waals surface area contributed by atoms with E-state index in [1.165, 1.54) is 0 Å². The summed E-state index contributed by atoms with van der Waals surface area (Å²) in [7, 11) is 0. The first-order valence-electron chi connectivity index (χ1n) is 8.37. The topological polar surface area (TPSA) is 55.1 Å². The minimum Gasteiger partial charge on any atom is -0.508 e. The highest BCUT2D eigenvalue weighted by molar-refractivity contribution is 9.10. The smallest absolute Gasteiger partial charge is 0.266 e. The Morgan fingerprint density at radius 2 is 1.67 bits per heavy atom. The third-order valence-electron chi connectivity index (χ3n) is 4.19. The molecule has 27 heavy (non-hydrogen) atoms. The van der Waals surface area contributed by atoms with Crippen molar-refractivity contribution in [1.29, 1.82) is 0 Å². The maximum Gasteiger partial charge on any atom is 0.266 e. The van der Waals surface area contributed by atoms with Crippen molar-refractivity contribution < 1.29 is 5.11 Å². The third kappa shape index (κ3) is 3.55. The van der Waals surface area contributed by atoms with Crippen LogP contribution in [0.4, 0.5) is 0 Å². The fourth-order valence-electron chi connectivity index (χ4n) is 2.87. The van der Waals surface area contributed by atoms with Gasteiger partial charge >= 0.3 is 0 Å². The molecule has 1 heterocycles. The lowest BCUT2D eigenvalue weighted by molar-refractivity contribution is 0.475. The molecule has 0 fully saturated rings. The number of halogens is 1. The summed E-state index contributed by atoms with van der Waals surface area (Å²) < 4.78 is 2.44. The molecule has 4 nitrogen and oxygen atoms in total. The number of rotatable bonds is 3. The molecule has 0 atom stereocenters. The van der Waals surface area contributed by atoms with E-state index in [2.05, 4.69) is 15.9 Å². The first-order chi connectivity index (χ1) is 13.1. The summed E-state index contributed by atoms with van der Waals surface area (Å²) in [5.74, 6) is 0.747. The van der Waals surface area contributed by atoms with Crippen molar-refractivity contribution in [2.75, 3.05) is 0 Å². The van der Waals surface area contributed by atoms with E-state index in [-0.39, 0.29) is 11.3 Å². The molecule has 132 valence electrons. The van der Waals surface area contributed by atoms with Crippen LogP contribution in [0.2, 0.25) is 0 Å². The molecule has 0 amide bonds. The Bertz CT molecular complexity index is 1200. The summed E-state index contributed by atoms with van der Waals surface area (Å²) in [6, 6.07) is 21.8. The second-order valence-corrected chi connectivity index (χ2v) is 6.95. The van der Waals surface area contributed by atoms with Crippen LogP contribution in [0.25, 0.3) is 28.7 Å². The number of nitrogens with zero attached hydrogens (tertiary/aromatic N) is 2. The molecule has 0 aliphatic heterocycles. The molecule has 0 radical (unpaired) electrons. The number of phenolic OH excluding ortho intramolecular Hbond substituents is 1. The van der Waals surface area contributed by atoms with E-state index in [9.17, 15) is 9.90 Å². The van der Waals surface area contributed by atoms with E-state index in [4.69, 9.17) is 4.98 Å². The number of aromatic hydroxyl groups is 1. The second kappa shape index (κ2) is 7.21. The van der Waals surface area contributed by atoms with Gasteiger partial charge in [0.2, 0.25) is 0 Å². The molecule has 0 bridgehead atoms. The highest BCUT2D eigenvalue weighted by Gasteiger charge is 2.11. The monoisotopic (exact) mass is 418 g/mol. The molecule has 0 spiro atoms. The Balaban J connectivity index is 1.94. The largest absolute Gasteiger partial charge is 0.508 e. The Kier molecular flexibility index (Phi) is 4.60. The number of para-hydroxylation sites is 1. The van der Waals surface area contributed by atoms with Gasteiger partial charge < -0.3 is 5.11 Å². The quantitative estimate of drug-likeness (QED) is 0.507. The zero-order valence-electron chi connectivity index (χ0n) is 14.2. The lowest BCUT2D eigenvalue weighted by Crippen LogP contribution is -2.22. The van der Waals surface area contributed by atoms with Crippen molar-refractivity contribution in [3.05, 3.63) is 99.0 Å². The van der Waals surface area contributed by atoms with E-state index in [0.29, 0.717) is 16.7 Å². The van der Waals surface area contributed by atoms with E-state index < -0.39 is 0 Å². The van der Waals surface area contributed by atoms with Crippen molar-refractivity contribution >= 4 is 39.0 Å². The van der Waals surface area contributed by atoms with Gasteiger partial charge in [-0.25, -0.2) is 4.98 Å². The van der Waals surface area contributed by atoms with Crippen molar-refractivity contribution in [1.82, 2.24) is 9.55 Å². The van der Waals surface area contributed by atoms with Gasteiger partial charge in [-0.1, -0.05) is 52.3 Å². The van der Waals surface area contributed by atoms with E-state index in [0.717, 1.165) is 15.7 Å². The molecular weight excluding hydrogens is 404 g/mol. The highest BCUT2D eigenvalue weighted by Crippen LogP contribution is 2.19. The van der Waals surface area contributed by atoms with Gasteiger partial charge in [-0.2, -0.15) is 0 Å². The number of benzene rings is 3. The predicted octanol–water partition coefficient (Wildman–Crippen LogP) is 5.02. The van der Waals surface area contributed by atoms with Crippen molar-refractivity contribution in [3.8, 4) is 11.4 Å². The van der Waals surface area contributed by atoms with Gasteiger partial charge in [-0.15, -0.1) is 0 Å². The zero-order valence-corrected chi connectivity index (χ0v) is 15.8. The third-order valence-corrected chi connectivity index (χ3v) is 4.68. The highest BCUT2D eigenvalue weighted by atomic mass is 79.9. The van der Waals surface area contributed by atoms with Crippen LogP contribution < -0.4 is 5.56 Å². The Hall–Kier alpha value is -3.18. The van der Waals surface area contributed by atoms with Gasteiger partial charge in [0, 0.05) is 4.47 Å². The Morgan fingerprint density at radius 1 is 0.926 bits per heavy atom. The fraction of sp³-hybridized carbons (Fsp3) is 0. The lowest BCUT2D eigenvalue weighted by atomic mass is 10.2. The number of hydrogen-bond donors (Lipinski definition) is 1. The number of phenols is 1. The van der Waals surface area contributed by atoms with Gasteiger partial charge in [-0.3, -0.25) is 9.36 Å². The standard InChI is InChI=1S/C22H15BrN2O2/c23-16-9-12-20-19(14-16)22(27)25(17-4-2-1-3-5-17)21(24-20)13-8-15-6-10-18(26)11-7-15/h1-14,26H/b13-8+. The molecule has 0 aliphatic carbocycles. The van der Waals surface area contributed by atoms with Crippen LogP contribution in [0.5, 0.6) is 5.75 Å². The lowest BCUT2D eigenvalue weighted by Gasteiger charge is -2.11. The summed E-state index contributed by atoms with van der Waals surface area (Å²) in [6.45, 7) is 0. The van der Waals surface area contributed by atoms with Gasteiger partial charge in [0.05, 0.1) is 16.6 Å². The SMILES string of the molecule is O=c1c2cc(Br)ccc2nc(/C=C/c2ccc(O)cc2)n1-c1ccccc1. The molecule has 4 aromatic rings. The average molecular weight is 419 g/mol. The summed E-state index contributed by atoms with van der Waals surface area (Å²) in [6.07, 6.45) is 3.67.